The van der Waals surface area contributed by atoms with E-state index in [2.05, 4.69) is 25.9 Å². The smallest absolute Gasteiger partial charge is 0.354 e. The van der Waals surface area contributed by atoms with Crippen molar-refractivity contribution in [2.45, 2.75) is 6.42 Å². The number of hydrogen-bond donors (Lipinski definition) is 2. The van der Waals surface area contributed by atoms with Gasteiger partial charge in [0.1, 0.15) is 17.3 Å². The van der Waals surface area contributed by atoms with Gasteiger partial charge < -0.3 is 19.9 Å². The minimum atomic E-state index is -1.52. The first kappa shape index (κ1) is 15.0. The van der Waals surface area contributed by atoms with Gasteiger partial charge in [0, 0.05) is 6.42 Å². The fourth-order valence-corrected chi connectivity index (χ4v) is 2.34. The number of aromatic amines is 1. The maximum Gasteiger partial charge on any atom is 0.354 e. The average Bonchev–Trinajstić information content (AvgIpc) is 2.42. The molecule has 0 atom stereocenters. The first-order valence-electron chi connectivity index (χ1n) is 5.78. The van der Waals surface area contributed by atoms with E-state index in [1.807, 2.05) is 0 Å². The third kappa shape index (κ3) is 3.22. The predicted octanol–water partition coefficient (Wildman–Crippen LogP) is 0.904. The van der Waals surface area contributed by atoms with Crippen molar-refractivity contribution >= 4 is 21.9 Å². The number of hydrogen-bond acceptors (Lipinski definition) is 5. The largest absolute Gasteiger partial charge is 0.867 e. The Hall–Kier alpha value is -2.35. The number of halogens is 1. The molecule has 1 aromatic carbocycles. The first-order chi connectivity index (χ1) is 9.92. The minimum Gasteiger partial charge on any atom is -0.867 e. The zero-order valence-electron chi connectivity index (χ0n) is 10.8. The van der Waals surface area contributed by atoms with Gasteiger partial charge in [-0.3, -0.25) is 4.79 Å². The van der Waals surface area contributed by atoms with Crippen LogP contribution in [-0.4, -0.2) is 28.2 Å². The number of methoxy groups -OCH3 is 1. The number of carboxylic acids is 1. The molecule has 2 aromatic rings. The number of ether oxygens (including phenoxy) is 1. The average molecular weight is 354 g/mol. The van der Waals surface area contributed by atoms with Gasteiger partial charge in [-0.1, -0.05) is 6.07 Å². The molecule has 0 amide bonds. The van der Waals surface area contributed by atoms with Crippen LogP contribution in [0.1, 0.15) is 21.9 Å². The van der Waals surface area contributed by atoms with E-state index in [4.69, 9.17) is 9.84 Å². The Labute approximate surface area is 127 Å². The van der Waals surface area contributed by atoms with Crippen molar-refractivity contribution < 1.29 is 19.7 Å². The molecule has 0 fully saturated rings. The molecule has 1 aromatic heterocycles. The van der Waals surface area contributed by atoms with Gasteiger partial charge in [0.2, 0.25) is 5.56 Å². The number of carbonyl (C=O) groups is 1. The van der Waals surface area contributed by atoms with Crippen LogP contribution in [0.3, 0.4) is 0 Å². The number of H-pyrrole nitrogens is 1. The number of benzene rings is 1. The van der Waals surface area contributed by atoms with Crippen molar-refractivity contribution in [2.75, 3.05) is 7.11 Å². The van der Waals surface area contributed by atoms with Crippen LogP contribution < -0.4 is 15.4 Å². The lowest BCUT2D eigenvalue weighted by Gasteiger charge is -2.10. The summed E-state index contributed by atoms with van der Waals surface area (Å²) < 4.78 is 5.81. The zero-order chi connectivity index (χ0) is 15.6. The van der Waals surface area contributed by atoms with Crippen molar-refractivity contribution in [3.8, 4) is 11.5 Å². The van der Waals surface area contributed by atoms with E-state index in [-0.39, 0.29) is 12.2 Å². The summed E-state index contributed by atoms with van der Waals surface area (Å²) in [6.45, 7) is 0. The molecule has 0 spiro atoms. The highest BCUT2D eigenvalue weighted by Gasteiger charge is 2.11. The van der Waals surface area contributed by atoms with Gasteiger partial charge in [0.15, 0.2) is 0 Å². The molecule has 0 radical (unpaired) electrons. The summed E-state index contributed by atoms with van der Waals surface area (Å²) in [7, 11) is 1.53. The van der Waals surface area contributed by atoms with Gasteiger partial charge >= 0.3 is 5.97 Å². The molecule has 0 aliphatic heterocycles. The summed E-state index contributed by atoms with van der Waals surface area (Å²) in [5, 5.41) is 20.2. The highest BCUT2D eigenvalue weighted by molar-refractivity contribution is 9.10. The lowest BCUT2D eigenvalue weighted by atomic mass is 10.1. The molecule has 0 saturated heterocycles. The number of nitrogens with zero attached hydrogens (tertiary/aromatic N) is 1. The van der Waals surface area contributed by atoms with Crippen LogP contribution in [0.4, 0.5) is 0 Å². The van der Waals surface area contributed by atoms with E-state index in [1.54, 1.807) is 18.2 Å². The zero-order valence-corrected chi connectivity index (χ0v) is 12.4. The van der Waals surface area contributed by atoms with E-state index in [9.17, 15) is 14.7 Å². The number of aromatic carboxylic acids is 1. The van der Waals surface area contributed by atoms with Crippen LogP contribution in [0.25, 0.3) is 0 Å². The molecule has 0 unspecified atom stereocenters. The van der Waals surface area contributed by atoms with Crippen molar-refractivity contribution in [1.82, 2.24) is 9.97 Å². The lowest BCUT2D eigenvalue weighted by molar-refractivity contribution is -0.271. The normalized spacial score (nSPS) is 10.4. The summed E-state index contributed by atoms with van der Waals surface area (Å²) in [6.07, 6.45) is 0.179. The van der Waals surface area contributed by atoms with Crippen molar-refractivity contribution in [3.05, 3.63) is 50.1 Å². The Morgan fingerprint density at radius 2 is 2.24 bits per heavy atom. The third-order valence-corrected chi connectivity index (χ3v) is 3.34. The third-order valence-electron chi connectivity index (χ3n) is 2.72. The van der Waals surface area contributed by atoms with E-state index in [0.717, 1.165) is 5.56 Å². The van der Waals surface area contributed by atoms with Crippen molar-refractivity contribution in [3.63, 3.8) is 0 Å². The molecule has 8 heteroatoms. The minimum absolute atomic E-state index is 0.106. The highest BCUT2D eigenvalue weighted by atomic mass is 79.9. The van der Waals surface area contributed by atoms with E-state index in [1.165, 1.54) is 7.11 Å². The molecule has 2 rings (SSSR count). The Balaban J connectivity index is 2.38. The predicted molar refractivity (Wildman–Crippen MR) is 74.8 cm³/mol. The topological polar surface area (TPSA) is 115 Å². The quantitative estimate of drug-likeness (QED) is 0.843. The Bertz CT molecular complexity index is 757. The fourth-order valence-electron chi connectivity index (χ4n) is 1.75. The lowest BCUT2D eigenvalue weighted by Crippen LogP contribution is -2.22. The molecule has 2 N–H and O–H groups in total. The molecular weight excluding hydrogens is 344 g/mol. The summed E-state index contributed by atoms with van der Waals surface area (Å²) in [5.74, 6) is -1.93. The first-order valence-corrected chi connectivity index (χ1v) is 6.57. The molecule has 0 saturated carbocycles. The van der Waals surface area contributed by atoms with Crippen LogP contribution in [0.2, 0.25) is 0 Å². The van der Waals surface area contributed by atoms with E-state index in [0.29, 0.717) is 10.2 Å². The van der Waals surface area contributed by atoms with Gasteiger partial charge in [-0.2, -0.15) is 0 Å². The van der Waals surface area contributed by atoms with Crippen LogP contribution in [0.15, 0.2) is 27.5 Å². The summed E-state index contributed by atoms with van der Waals surface area (Å²) in [5.41, 5.74) is -1.01. The molecule has 7 nitrogen and oxygen atoms in total. The number of rotatable bonds is 4. The fraction of sp³-hybridized carbons (Fsp3) is 0.154. The number of nitrogens with one attached hydrogen (secondary N) is 1. The van der Waals surface area contributed by atoms with Gasteiger partial charge in [0.25, 0.3) is 0 Å². The molecular formula is C13H10BrN2O5-. The van der Waals surface area contributed by atoms with Crippen molar-refractivity contribution in [2.24, 2.45) is 0 Å². The standard InChI is InChI=1S/C13H11BrN2O5/c1-21-8-3-2-6(4-7(8)14)5-9-15-10(13(19)20)11(17)12(18)16-9/h2-4,17H,5H2,1H3,(H,19,20)(H,15,16,18)/p-1. The monoisotopic (exact) mass is 353 g/mol. The van der Waals surface area contributed by atoms with Gasteiger partial charge in [-0.05, 0) is 39.4 Å². The second kappa shape index (κ2) is 5.96. The molecule has 0 aliphatic rings. The Morgan fingerprint density at radius 1 is 1.52 bits per heavy atom. The molecule has 1 heterocycles. The number of aromatic nitrogens is 2. The Kier molecular flexibility index (Phi) is 4.27. The van der Waals surface area contributed by atoms with Crippen LogP contribution in [0, 0.1) is 0 Å². The van der Waals surface area contributed by atoms with Gasteiger partial charge in [0.05, 0.1) is 11.6 Å². The van der Waals surface area contributed by atoms with Crippen LogP contribution >= 0.6 is 15.9 Å². The Morgan fingerprint density at radius 3 is 2.81 bits per heavy atom. The second-order valence-electron chi connectivity index (χ2n) is 4.14. The highest BCUT2D eigenvalue weighted by Crippen LogP contribution is 2.26. The van der Waals surface area contributed by atoms with Crippen LogP contribution in [0.5, 0.6) is 11.5 Å². The summed E-state index contributed by atoms with van der Waals surface area (Å²) in [6, 6.07) is 5.22. The second-order valence-corrected chi connectivity index (χ2v) is 5.00. The maximum atomic E-state index is 11.4. The molecule has 110 valence electrons. The van der Waals surface area contributed by atoms with Crippen molar-refractivity contribution in [1.29, 1.82) is 0 Å². The maximum absolute atomic E-state index is 11.4. The SMILES string of the molecule is COc1ccc(Cc2nc(C(=O)O)c([O-])c(=O)[nH]2)cc1Br. The summed E-state index contributed by atoms with van der Waals surface area (Å²) in [4.78, 5) is 28.3. The molecule has 0 bridgehead atoms. The van der Waals surface area contributed by atoms with E-state index < -0.39 is 23.0 Å². The summed E-state index contributed by atoms with van der Waals surface area (Å²) >= 11 is 3.32. The molecule has 21 heavy (non-hydrogen) atoms. The van der Waals surface area contributed by atoms with Crippen LogP contribution in [-0.2, 0) is 6.42 Å². The number of carboxylic acid groups (broad SMARTS) is 1. The van der Waals surface area contributed by atoms with Gasteiger partial charge in [-0.15, -0.1) is 0 Å². The van der Waals surface area contributed by atoms with Gasteiger partial charge in [-0.25, -0.2) is 9.78 Å². The van der Waals surface area contributed by atoms with E-state index >= 15 is 0 Å². The molecule has 0 aliphatic carbocycles.